The third-order valence-electron chi connectivity index (χ3n) is 2.51. The Kier molecular flexibility index (Phi) is 4.48. The minimum Gasteiger partial charge on any atom is -0.379 e. The van der Waals surface area contributed by atoms with E-state index in [0.29, 0.717) is 18.6 Å². The Labute approximate surface area is 95.3 Å². The highest BCUT2D eigenvalue weighted by molar-refractivity contribution is 7.10. The fraction of sp³-hybridized carbons (Fsp3) is 0.583. The number of Topliss-reactive ketones (excluding diaryl/α,β-unsaturated/α-hetero) is 1. The lowest BCUT2D eigenvalue weighted by Crippen LogP contribution is -2.23. The smallest absolute Gasteiger partial charge is 0.138 e. The first-order chi connectivity index (χ1) is 7.03. The van der Waals surface area contributed by atoms with Crippen molar-refractivity contribution in [3.8, 4) is 0 Å². The quantitative estimate of drug-likeness (QED) is 0.745. The minimum atomic E-state index is -0.189. The van der Waals surface area contributed by atoms with E-state index in [1.165, 1.54) is 0 Å². The summed E-state index contributed by atoms with van der Waals surface area (Å²) in [5.74, 6) is 0.294. The van der Waals surface area contributed by atoms with Crippen LogP contribution in [0.3, 0.4) is 0 Å². The number of rotatable bonds is 6. The second-order valence-electron chi connectivity index (χ2n) is 4.26. The molecule has 0 aliphatic rings. The van der Waals surface area contributed by atoms with Crippen LogP contribution in [0.2, 0.25) is 0 Å². The lowest BCUT2D eigenvalue weighted by molar-refractivity contribution is -0.119. The number of ketones is 1. The average molecular weight is 226 g/mol. The number of methoxy groups -OCH3 is 1. The molecule has 0 atom stereocenters. The van der Waals surface area contributed by atoms with Gasteiger partial charge in [-0.15, -0.1) is 11.3 Å². The summed E-state index contributed by atoms with van der Waals surface area (Å²) < 4.78 is 5.27. The first-order valence-corrected chi connectivity index (χ1v) is 6.01. The van der Waals surface area contributed by atoms with E-state index in [0.717, 1.165) is 11.3 Å². The van der Waals surface area contributed by atoms with Crippen LogP contribution in [-0.2, 0) is 16.0 Å². The standard InChI is InChI=1S/C12H18O2S/c1-12(2,14-3)7-6-10(13)9-11-5-4-8-15-11/h4-5,8H,6-7,9H2,1-3H3. The van der Waals surface area contributed by atoms with Gasteiger partial charge in [-0.05, 0) is 31.7 Å². The lowest BCUT2D eigenvalue weighted by Gasteiger charge is -2.22. The van der Waals surface area contributed by atoms with Crippen molar-refractivity contribution in [2.45, 2.75) is 38.7 Å². The molecule has 0 aromatic carbocycles. The molecule has 0 fully saturated rings. The monoisotopic (exact) mass is 226 g/mol. The molecule has 0 aliphatic carbocycles. The lowest BCUT2D eigenvalue weighted by atomic mass is 9.99. The third-order valence-corrected chi connectivity index (χ3v) is 3.39. The van der Waals surface area contributed by atoms with Crippen LogP contribution in [0.5, 0.6) is 0 Å². The molecule has 0 radical (unpaired) electrons. The highest BCUT2D eigenvalue weighted by Gasteiger charge is 2.17. The van der Waals surface area contributed by atoms with E-state index in [1.54, 1.807) is 18.4 Å². The maximum atomic E-state index is 11.6. The third kappa shape index (κ3) is 4.58. The molecule has 3 heteroatoms. The van der Waals surface area contributed by atoms with Crippen LogP contribution in [0.15, 0.2) is 17.5 Å². The first kappa shape index (κ1) is 12.4. The van der Waals surface area contributed by atoms with Gasteiger partial charge in [0.1, 0.15) is 5.78 Å². The maximum absolute atomic E-state index is 11.6. The Morgan fingerprint density at radius 1 is 1.53 bits per heavy atom. The van der Waals surface area contributed by atoms with E-state index < -0.39 is 0 Å². The van der Waals surface area contributed by atoms with Crippen LogP contribution in [0.1, 0.15) is 31.6 Å². The van der Waals surface area contributed by atoms with Gasteiger partial charge in [0, 0.05) is 24.8 Å². The molecule has 0 saturated heterocycles. The van der Waals surface area contributed by atoms with Gasteiger partial charge >= 0.3 is 0 Å². The van der Waals surface area contributed by atoms with Crippen molar-refractivity contribution in [1.29, 1.82) is 0 Å². The zero-order chi connectivity index (χ0) is 11.3. The minimum absolute atomic E-state index is 0.189. The van der Waals surface area contributed by atoms with Gasteiger partial charge in [-0.25, -0.2) is 0 Å². The molecular weight excluding hydrogens is 208 g/mol. The van der Waals surface area contributed by atoms with Crippen LogP contribution in [0, 0.1) is 0 Å². The molecule has 0 spiro atoms. The summed E-state index contributed by atoms with van der Waals surface area (Å²) in [6.45, 7) is 4.01. The normalized spacial score (nSPS) is 11.7. The zero-order valence-electron chi connectivity index (χ0n) is 9.58. The van der Waals surface area contributed by atoms with Crippen molar-refractivity contribution in [1.82, 2.24) is 0 Å². The van der Waals surface area contributed by atoms with Gasteiger partial charge in [0.15, 0.2) is 0 Å². The highest BCUT2D eigenvalue weighted by Crippen LogP contribution is 2.17. The van der Waals surface area contributed by atoms with Crippen molar-refractivity contribution in [2.24, 2.45) is 0 Å². The summed E-state index contributed by atoms with van der Waals surface area (Å²) in [5, 5.41) is 2.00. The maximum Gasteiger partial charge on any atom is 0.138 e. The molecule has 1 aromatic heterocycles. The molecule has 0 aliphatic heterocycles. The molecule has 0 amide bonds. The van der Waals surface area contributed by atoms with Crippen molar-refractivity contribution in [3.63, 3.8) is 0 Å². The summed E-state index contributed by atoms with van der Waals surface area (Å²) in [6, 6.07) is 3.98. The van der Waals surface area contributed by atoms with Gasteiger partial charge in [-0.1, -0.05) is 6.07 Å². The fourth-order valence-corrected chi connectivity index (χ4v) is 1.97. The molecular formula is C12H18O2S. The molecule has 0 saturated carbocycles. The Morgan fingerprint density at radius 3 is 2.80 bits per heavy atom. The highest BCUT2D eigenvalue weighted by atomic mass is 32.1. The summed E-state index contributed by atoms with van der Waals surface area (Å²) in [5.41, 5.74) is -0.189. The van der Waals surface area contributed by atoms with Gasteiger partial charge in [-0.3, -0.25) is 4.79 Å². The Hall–Kier alpha value is -0.670. The largest absolute Gasteiger partial charge is 0.379 e. The first-order valence-electron chi connectivity index (χ1n) is 5.13. The van der Waals surface area contributed by atoms with E-state index in [-0.39, 0.29) is 5.60 Å². The van der Waals surface area contributed by atoms with Crippen LogP contribution in [0.4, 0.5) is 0 Å². The molecule has 0 bridgehead atoms. The van der Waals surface area contributed by atoms with Crippen LogP contribution < -0.4 is 0 Å². The molecule has 0 unspecified atom stereocenters. The van der Waals surface area contributed by atoms with E-state index in [1.807, 2.05) is 31.4 Å². The van der Waals surface area contributed by atoms with Gasteiger partial charge in [0.2, 0.25) is 0 Å². The predicted molar refractivity (Wildman–Crippen MR) is 63.4 cm³/mol. The van der Waals surface area contributed by atoms with E-state index in [9.17, 15) is 4.79 Å². The number of ether oxygens (including phenoxy) is 1. The summed E-state index contributed by atoms with van der Waals surface area (Å²) >= 11 is 1.64. The molecule has 1 rings (SSSR count). The molecule has 0 N–H and O–H groups in total. The van der Waals surface area contributed by atoms with E-state index in [2.05, 4.69) is 0 Å². The number of hydrogen-bond acceptors (Lipinski definition) is 3. The van der Waals surface area contributed by atoms with Crippen molar-refractivity contribution in [3.05, 3.63) is 22.4 Å². The fourth-order valence-electron chi connectivity index (χ4n) is 1.24. The van der Waals surface area contributed by atoms with Gasteiger partial charge in [-0.2, -0.15) is 0 Å². The van der Waals surface area contributed by atoms with Crippen LogP contribution in [-0.4, -0.2) is 18.5 Å². The van der Waals surface area contributed by atoms with Gasteiger partial charge in [0.05, 0.1) is 5.60 Å². The van der Waals surface area contributed by atoms with E-state index in [4.69, 9.17) is 4.74 Å². The molecule has 84 valence electrons. The zero-order valence-corrected chi connectivity index (χ0v) is 10.4. The predicted octanol–water partition coefficient (Wildman–Crippen LogP) is 3.06. The molecule has 15 heavy (non-hydrogen) atoms. The Bertz CT molecular complexity index is 301. The number of carbonyl (C=O) groups excluding carboxylic acids is 1. The summed E-state index contributed by atoms with van der Waals surface area (Å²) in [7, 11) is 1.68. The second kappa shape index (κ2) is 5.42. The molecule has 1 aromatic rings. The van der Waals surface area contributed by atoms with Crippen molar-refractivity contribution >= 4 is 17.1 Å². The van der Waals surface area contributed by atoms with Crippen molar-refractivity contribution < 1.29 is 9.53 Å². The number of carbonyl (C=O) groups is 1. The van der Waals surface area contributed by atoms with E-state index >= 15 is 0 Å². The SMILES string of the molecule is COC(C)(C)CCC(=O)Cc1cccs1. The molecule has 1 heterocycles. The summed E-state index contributed by atoms with van der Waals surface area (Å²) in [6.07, 6.45) is 1.95. The second-order valence-corrected chi connectivity index (χ2v) is 5.29. The topological polar surface area (TPSA) is 26.3 Å². The number of hydrogen-bond donors (Lipinski definition) is 0. The Morgan fingerprint density at radius 2 is 2.27 bits per heavy atom. The average Bonchev–Trinajstić information content (AvgIpc) is 2.68. The van der Waals surface area contributed by atoms with Gasteiger partial charge < -0.3 is 4.74 Å². The van der Waals surface area contributed by atoms with Crippen LogP contribution in [0.25, 0.3) is 0 Å². The van der Waals surface area contributed by atoms with Crippen molar-refractivity contribution in [2.75, 3.05) is 7.11 Å². The van der Waals surface area contributed by atoms with Gasteiger partial charge in [0.25, 0.3) is 0 Å². The van der Waals surface area contributed by atoms with Crippen LogP contribution >= 0.6 is 11.3 Å². The Balaban J connectivity index is 2.31. The molecule has 2 nitrogen and oxygen atoms in total. The number of thiophene rings is 1. The summed E-state index contributed by atoms with van der Waals surface area (Å²) in [4.78, 5) is 12.8.